The first kappa shape index (κ1) is 17.9. The zero-order chi connectivity index (χ0) is 18.5. The van der Waals surface area contributed by atoms with E-state index >= 15 is 0 Å². The lowest BCUT2D eigenvalue weighted by atomic mass is 10.2. The van der Waals surface area contributed by atoms with E-state index in [0.29, 0.717) is 5.56 Å². The number of aromatic nitrogens is 2. The van der Waals surface area contributed by atoms with E-state index in [-0.39, 0.29) is 22.4 Å². The lowest BCUT2D eigenvalue weighted by molar-refractivity contribution is -0.396. The molecular weight excluding hydrogens is 378 g/mol. The number of hydrogen-bond acceptors (Lipinski definition) is 5. The van der Waals surface area contributed by atoms with Gasteiger partial charge in [0.15, 0.2) is 11.0 Å². The number of para-hydroxylation sites is 2. The third-order valence-electron chi connectivity index (χ3n) is 3.34. The smallest absolute Gasteiger partial charge is 0.272 e. The highest BCUT2D eigenvalue weighted by atomic mass is 35.5. The first-order chi connectivity index (χ1) is 12.5. The summed E-state index contributed by atoms with van der Waals surface area (Å²) in [6.07, 6.45) is 1.32. The number of halogens is 1. The van der Waals surface area contributed by atoms with Crippen LogP contribution in [0.4, 0.5) is 5.69 Å². The van der Waals surface area contributed by atoms with Gasteiger partial charge in [0.05, 0.1) is 16.9 Å². The molecule has 0 unspecified atom stereocenters. The summed E-state index contributed by atoms with van der Waals surface area (Å²) >= 11 is 7.04. The van der Waals surface area contributed by atoms with Crippen LogP contribution >= 0.6 is 23.4 Å². The third kappa shape index (κ3) is 4.38. The Morgan fingerprint density at radius 1 is 1.38 bits per heavy atom. The quantitative estimate of drug-likeness (QED) is 0.291. The topological polar surface area (TPSA) is 115 Å². The third-order valence-corrected chi connectivity index (χ3v) is 4.56. The van der Waals surface area contributed by atoms with Crippen LogP contribution in [-0.2, 0) is 4.79 Å². The summed E-state index contributed by atoms with van der Waals surface area (Å²) in [7, 11) is 0. The average Bonchev–Trinajstić information content (AvgIpc) is 3.04. The molecule has 0 aliphatic heterocycles. The molecule has 0 aliphatic rings. The number of thioether (sulfide) groups is 1. The monoisotopic (exact) mass is 390 g/mol. The Balaban J connectivity index is 1.54. The summed E-state index contributed by atoms with van der Waals surface area (Å²) in [6, 6.07) is 12.0. The van der Waals surface area contributed by atoms with Gasteiger partial charge in [0.2, 0.25) is 0 Å². The van der Waals surface area contributed by atoms with E-state index in [2.05, 4.69) is 20.5 Å². The van der Waals surface area contributed by atoms with Gasteiger partial charge in [-0.3, -0.25) is 14.9 Å². The summed E-state index contributed by atoms with van der Waals surface area (Å²) < 4.78 is 0. The number of H-pyrrole nitrogens is 2. The van der Waals surface area contributed by atoms with Crippen LogP contribution in [0.25, 0.3) is 11.0 Å². The molecule has 0 bridgehead atoms. The van der Waals surface area contributed by atoms with Crippen LogP contribution in [0.15, 0.2) is 52.7 Å². The summed E-state index contributed by atoms with van der Waals surface area (Å²) in [5, 5.41) is 15.4. The van der Waals surface area contributed by atoms with Crippen molar-refractivity contribution in [3.05, 3.63) is 63.2 Å². The fourth-order valence-electron chi connectivity index (χ4n) is 2.15. The summed E-state index contributed by atoms with van der Waals surface area (Å²) in [5.41, 5.74) is 4.53. The predicted molar refractivity (Wildman–Crippen MR) is 99.4 cm³/mol. The zero-order valence-electron chi connectivity index (χ0n) is 13.2. The number of fused-ring (bicyclic) bond motifs is 1. The van der Waals surface area contributed by atoms with Crippen molar-refractivity contribution < 1.29 is 14.7 Å². The minimum Gasteiger partial charge on any atom is -0.272 e. The first-order valence-electron chi connectivity index (χ1n) is 7.41. The van der Waals surface area contributed by atoms with Gasteiger partial charge in [-0.15, -0.1) is 0 Å². The molecule has 3 N–H and O–H groups in total. The van der Waals surface area contributed by atoms with Crippen molar-refractivity contribution in [1.29, 1.82) is 0 Å². The largest absolute Gasteiger partial charge is 0.315 e. The van der Waals surface area contributed by atoms with Crippen LogP contribution in [0, 0.1) is 10.1 Å². The van der Waals surface area contributed by atoms with Gasteiger partial charge >= 0.3 is 5.16 Å². The summed E-state index contributed by atoms with van der Waals surface area (Å²) in [6.45, 7) is 0. The standard InChI is InChI=1S/C16H12ClN5O3S/c17-11-6-5-10(7-14(11)22(24)25)8-18-21-15(23)9-26-16-19-12-3-1-2-4-13(12)20-16/h1-8H,9H2,(H,19,20)(H,21,23)/p+1. The lowest BCUT2D eigenvalue weighted by Gasteiger charge is -1.98. The number of nitro groups is 1. The number of nitro benzene ring substituents is 1. The molecule has 0 aliphatic carbocycles. The number of hydrogen-bond donors (Lipinski definition) is 2. The minimum absolute atomic E-state index is 0.0437. The molecule has 0 radical (unpaired) electrons. The number of benzene rings is 2. The Labute approximate surface area is 156 Å². The van der Waals surface area contributed by atoms with Crippen molar-refractivity contribution in [2.75, 3.05) is 5.75 Å². The Hall–Kier alpha value is -2.91. The highest BCUT2D eigenvalue weighted by Crippen LogP contribution is 2.24. The van der Waals surface area contributed by atoms with Crippen molar-refractivity contribution in [3.63, 3.8) is 0 Å². The van der Waals surface area contributed by atoms with Gasteiger partial charge in [0.25, 0.3) is 11.6 Å². The number of aromatic amines is 2. The van der Waals surface area contributed by atoms with Crippen molar-refractivity contribution in [1.82, 2.24) is 10.4 Å². The molecular formula is C16H13ClN5O3S+. The second kappa shape index (κ2) is 7.98. The van der Waals surface area contributed by atoms with E-state index in [1.54, 1.807) is 6.07 Å². The number of carbonyl (C=O) groups excluding carboxylic acids is 1. The maximum atomic E-state index is 11.8. The highest BCUT2D eigenvalue weighted by molar-refractivity contribution is 7.99. The van der Waals surface area contributed by atoms with Crippen molar-refractivity contribution in [3.8, 4) is 0 Å². The molecule has 2 aromatic carbocycles. The van der Waals surface area contributed by atoms with Crippen molar-refractivity contribution in [2.45, 2.75) is 5.16 Å². The number of hydrazone groups is 1. The molecule has 3 rings (SSSR count). The van der Waals surface area contributed by atoms with Crippen molar-refractivity contribution in [2.24, 2.45) is 5.10 Å². The fourth-order valence-corrected chi connectivity index (χ4v) is 3.04. The van der Waals surface area contributed by atoms with E-state index in [4.69, 9.17) is 11.6 Å². The number of imidazole rings is 1. The summed E-state index contributed by atoms with van der Waals surface area (Å²) in [4.78, 5) is 28.4. The van der Waals surface area contributed by atoms with E-state index in [0.717, 1.165) is 16.2 Å². The molecule has 0 saturated heterocycles. The second-order valence-electron chi connectivity index (χ2n) is 5.17. The maximum absolute atomic E-state index is 11.8. The number of rotatable bonds is 6. The number of nitrogens with one attached hydrogen (secondary N) is 3. The van der Waals surface area contributed by atoms with Gasteiger partial charge < -0.3 is 0 Å². The maximum Gasteiger partial charge on any atom is 0.315 e. The summed E-state index contributed by atoms with van der Waals surface area (Å²) in [5.74, 6) is -0.150. The molecule has 3 aromatic rings. The number of nitrogens with zero attached hydrogens (tertiary/aromatic N) is 2. The van der Waals surface area contributed by atoms with Gasteiger partial charge in [-0.05, 0) is 30.0 Å². The van der Waals surface area contributed by atoms with Crippen molar-refractivity contribution >= 4 is 52.2 Å². The van der Waals surface area contributed by atoms with Crippen LogP contribution in [0.5, 0.6) is 0 Å². The Morgan fingerprint density at radius 3 is 2.96 bits per heavy atom. The predicted octanol–water partition coefficient (Wildman–Crippen LogP) is 2.79. The Bertz CT molecular complexity index is 971. The fraction of sp³-hybridized carbons (Fsp3) is 0.0625. The van der Waals surface area contributed by atoms with Gasteiger partial charge in [-0.25, -0.2) is 15.4 Å². The molecule has 0 saturated carbocycles. The van der Waals surface area contributed by atoms with Gasteiger partial charge in [-0.1, -0.05) is 29.8 Å². The molecule has 10 heteroatoms. The van der Waals surface area contributed by atoms with Crippen LogP contribution in [-0.4, -0.2) is 27.8 Å². The van der Waals surface area contributed by atoms with Crippen LogP contribution in [0.3, 0.4) is 0 Å². The molecule has 0 fully saturated rings. The van der Waals surface area contributed by atoms with E-state index in [9.17, 15) is 14.9 Å². The lowest BCUT2D eigenvalue weighted by Crippen LogP contribution is -2.20. The average molecular weight is 391 g/mol. The van der Waals surface area contributed by atoms with Crippen LogP contribution in [0.1, 0.15) is 5.56 Å². The van der Waals surface area contributed by atoms with E-state index in [1.165, 1.54) is 30.1 Å². The van der Waals surface area contributed by atoms with Gasteiger partial charge in [0, 0.05) is 11.6 Å². The van der Waals surface area contributed by atoms with Crippen LogP contribution < -0.4 is 10.4 Å². The molecule has 0 atom stereocenters. The molecule has 26 heavy (non-hydrogen) atoms. The highest BCUT2D eigenvalue weighted by Gasteiger charge is 2.13. The Kier molecular flexibility index (Phi) is 5.49. The van der Waals surface area contributed by atoms with Crippen LogP contribution in [0.2, 0.25) is 5.02 Å². The SMILES string of the molecule is O=C(CSc1[nH]c2ccccc2[nH+]1)NN=Cc1ccc(Cl)c([N+](=O)[O-])c1. The second-order valence-corrected chi connectivity index (χ2v) is 6.57. The molecule has 0 spiro atoms. The molecule has 132 valence electrons. The zero-order valence-corrected chi connectivity index (χ0v) is 14.8. The minimum atomic E-state index is -0.578. The first-order valence-corrected chi connectivity index (χ1v) is 8.78. The van der Waals surface area contributed by atoms with Gasteiger partial charge in [0.1, 0.15) is 5.02 Å². The van der Waals surface area contributed by atoms with E-state index in [1.807, 2.05) is 24.3 Å². The molecule has 1 heterocycles. The number of amides is 1. The molecule has 1 aromatic heterocycles. The normalized spacial score (nSPS) is 11.1. The Morgan fingerprint density at radius 2 is 2.19 bits per heavy atom. The molecule has 8 nitrogen and oxygen atoms in total. The number of carbonyl (C=O) groups is 1. The molecule has 1 amide bonds. The van der Waals surface area contributed by atoms with Gasteiger partial charge in [-0.2, -0.15) is 5.10 Å². The van der Waals surface area contributed by atoms with E-state index < -0.39 is 4.92 Å².